The van der Waals surface area contributed by atoms with E-state index in [4.69, 9.17) is 32.9 Å². The number of hydrogen-bond donors (Lipinski definition) is 1. The lowest BCUT2D eigenvalue weighted by atomic mass is 9.85. The summed E-state index contributed by atoms with van der Waals surface area (Å²) in [6.07, 6.45) is -1.93. The monoisotopic (exact) mass is 581 g/mol. The van der Waals surface area contributed by atoms with Gasteiger partial charge in [0.1, 0.15) is 6.61 Å². The van der Waals surface area contributed by atoms with Crippen LogP contribution >= 0.6 is 23.2 Å². The minimum absolute atomic E-state index is 0.00741. The van der Waals surface area contributed by atoms with Gasteiger partial charge in [-0.15, -0.1) is 0 Å². The highest BCUT2D eigenvalue weighted by atomic mass is 35.5. The van der Waals surface area contributed by atoms with Crippen LogP contribution in [0.25, 0.3) is 10.8 Å². The molecule has 3 aromatic carbocycles. The lowest BCUT2D eigenvalue weighted by Gasteiger charge is -2.29. The Morgan fingerprint density at radius 2 is 1.85 bits per heavy atom. The molecule has 1 atom stereocenters. The summed E-state index contributed by atoms with van der Waals surface area (Å²) in [6.45, 7) is 0.692. The third kappa shape index (κ3) is 5.40. The quantitative estimate of drug-likeness (QED) is 0.135. The van der Waals surface area contributed by atoms with Crippen molar-refractivity contribution in [3.05, 3.63) is 81.1 Å². The van der Waals surface area contributed by atoms with E-state index in [1.54, 1.807) is 24.3 Å². The Bertz CT molecular complexity index is 1470. The molecule has 1 heterocycles. The number of alkyl halides is 3. The summed E-state index contributed by atoms with van der Waals surface area (Å²) in [7, 11) is 0. The minimum Gasteiger partial charge on any atom is -0.396 e. The zero-order valence-electron chi connectivity index (χ0n) is 20.2. The molecule has 1 amide bonds. The standard InChI is InChI=1S/C27H21Cl2F4N3O3/c28-21-11-16(12-22(29)24(21)30)26(27(31,32)33)13-23(36-39-26)19-7-8-20(18-4-2-1-3-17(18)19)25(37)34-9-10-35-38-14-15-5-6-15/h1-4,7-8,10-12,15H,5-6,9,13-14H2,(H,34,37). The zero-order valence-corrected chi connectivity index (χ0v) is 21.7. The van der Waals surface area contributed by atoms with Crippen molar-refractivity contribution in [2.24, 2.45) is 16.2 Å². The number of oxime groups is 2. The average molecular weight is 582 g/mol. The summed E-state index contributed by atoms with van der Waals surface area (Å²) in [4.78, 5) is 23.1. The van der Waals surface area contributed by atoms with Gasteiger partial charge in [-0.2, -0.15) is 13.2 Å². The van der Waals surface area contributed by atoms with Crippen molar-refractivity contribution >= 4 is 51.8 Å². The van der Waals surface area contributed by atoms with Crippen molar-refractivity contribution < 1.29 is 32.0 Å². The van der Waals surface area contributed by atoms with Crippen LogP contribution in [0.1, 0.15) is 40.7 Å². The molecule has 6 nitrogen and oxygen atoms in total. The van der Waals surface area contributed by atoms with Crippen molar-refractivity contribution in [1.29, 1.82) is 0 Å². The van der Waals surface area contributed by atoms with Gasteiger partial charge in [-0.05, 0) is 47.7 Å². The largest absolute Gasteiger partial charge is 0.435 e. The van der Waals surface area contributed by atoms with E-state index in [-0.39, 0.29) is 12.3 Å². The maximum Gasteiger partial charge on any atom is 0.435 e. The molecule has 1 aliphatic carbocycles. The van der Waals surface area contributed by atoms with Crippen LogP contribution in [0.3, 0.4) is 0 Å². The Balaban J connectivity index is 1.41. The second kappa shape index (κ2) is 10.7. The van der Waals surface area contributed by atoms with Crippen LogP contribution in [-0.4, -0.2) is 37.2 Å². The molecule has 204 valence electrons. The maximum atomic E-state index is 14.4. The first kappa shape index (κ1) is 27.2. The van der Waals surface area contributed by atoms with E-state index in [1.807, 2.05) is 0 Å². The molecule has 39 heavy (non-hydrogen) atoms. The normalized spacial score (nSPS) is 19.3. The van der Waals surface area contributed by atoms with E-state index < -0.39 is 45.5 Å². The number of nitrogens with one attached hydrogen (secondary N) is 1. The molecular formula is C27H21Cl2F4N3O3. The zero-order chi connectivity index (χ0) is 27.8. The van der Waals surface area contributed by atoms with Gasteiger partial charge in [0.2, 0.25) is 0 Å². The van der Waals surface area contributed by atoms with Gasteiger partial charge in [-0.1, -0.05) is 63.8 Å². The number of carbonyl (C=O) groups excluding carboxylic acids is 1. The fourth-order valence-corrected chi connectivity index (χ4v) is 4.83. The van der Waals surface area contributed by atoms with Crippen LogP contribution in [0.2, 0.25) is 10.0 Å². The minimum atomic E-state index is -4.94. The van der Waals surface area contributed by atoms with Crippen molar-refractivity contribution in [3.63, 3.8) is 0 Å². The summed E-state index contributed by atoms with van der Waals surface area (Å²) >= 11 is 11.6. The average Bonchev–Trinajstić information content (AvgIpc) is 3.62. The van der Waals surface area contributed by atoms with Gasteiger partial charge in [0.25, 0.3) is 11.5 Å². The Labute approximate surface area is 230 Å². The predicted octanol–water partition coefficient (Wildman–Crippen LogP) is 7.01. The molecule has 0 bridgehead atoms. The van der Waals surface area contributed by atoms with Gasteiger partial charge < -0.3 is 15.0 Å². The number of hydrogen-bond acceptors (Lipinski definition) is 5. The third-order valence-corrected chi connectivity index (χ3v) is 7.18. The second-order valence-corrected chi connectivity index (χ2v) is 10.1. The van der Waals surface area contributed by atoms with E-state index in [0.29, 0.717) is 34.4 Å². The molecule has 1 aliphatic heterocycles. The van der Waals surface area contributed by atoms with E-state index in [0.717, 1.165) is 25.0 Å². The van der Waals surface area contributed by atoms with Crippen LogP contribution in [0.5, 0.6) is 0 Å². The first-order valence-corrected chi connectivity index (χ1v) is 12.8. The van der Waals surface area contributed by atoms with E-state index in [1.165, 1.54) is 18.3 Å². The number of amides is 1. The fraction of sp³-hybridized carbons (Fsp3) is 0.296. The Hall–Kier alpha value is -3.37. The molecule has 0 spiro atoms. The van der Waals surface area contributed by atoms with Crippen molar-refractivity contribution in [1.82, 2.24) is 5.32 Å². The topological polar surface area (TPSA) is 72.3 Å². The number of benzene rings is 3. The molecular weight excluding hydrogens is 561 g/mol. The van der Waals surface area contributed by atoms with Crippen molar-refractivity contribution in [2.45, 2.75) is 31.0 Å². The molecule has 2 aliphatic rings. The molecule has 1 saturated carbocycles. The Kier molecular flexibility index (Phi) is 7.43. The van der Waals surface area contributed by atoms with Gasteiger partial charge in [-0.3, -0.25) is 4.79 Å². The number of halogens is 6. The van der Waals surface area contributed by atoms with Gasteiger partial charge >= 0.3 is 6.18 Å². The molecule has 3 aromatic rings. The van der Waals surface area contributed by atoms with E-state index >= 15 is 0 Å². The summed E-state index contributed by atoms with van der Waals surface area (Å²) in [5, 5.41) is 10.2. The lowest BCUT2D eigenvalue weighted by Crippen LogP contribution is -2.42. The molecule has 0 radical (unpaired) electrons. The highest BCUT2D eigenvalue weighted by molar-refractivity contribution is 6.35. The Morgan fingerprint density at radius 1 is 1.15 bits per heavy atom. The predicted molar refractivity (Wildman–Crippen MR) is 140 cm³/mol. The second-order valence-electron chi connectivity index (χ2n) is 9.33. The highest BCUT2D eigenvalue weighted by Crippen LogP contribution is 2.50. The molecule has 12 heteroatoms. The van der Waals surface area contributed by atoms with E-state index in [2.05, 4.69) is 15.6 Å². The van der Waals surface area contributed by atoms with Crippen molar-refractivity contribution in [2.75, 3.05) is 13.2 Å². The van der Waals surface area contributed by atoms with Crippen LogP contribution in [0.4, 0.5) is 17.6 Å². The first-order valence-electron chi connectivity index (χ1n) is 12.0. The van der Waals surface area contributed by atoms with Gasteiger partial charge in [-0.25, -0.2) is 4.39 Å². The van der Waals surface area contributed by atoms with Crippen LogP contribution in [-0.2, 0) is 15.3 Å². The number of fused-ring (bicyclic) bond motifs is 1. The third-order valence-electron chi connectivity index (χ3n) is 6.63. The smallest absolute Gasteiger partial charge is 0.396 e. The van der Waals surface area contributed by atoms with Crippen LogP contribution in [0.15, 0.2) is 58.8 Å². The summed E-state index contributed by atoms with van der Waals surface area (Å²) in [5.41, 5.74) is -2.75. The van der Waals surface area contributed by atoms with E-state index in [9.17, 15) is 22.4 Å². The fourth-order valence-electron chi connectivity index (χ4n) is 4.34. The SMILES string of the molecule is O=C(NCC=NOCC1CC1)c1ccc(C2=NOC(c3cc(Cl)c(F)c(Cl)c3)(C(F)(F)F)C2)c2ccccc12. The number of rotatable bonds is 8. The summed E-state index contributed by atoms with van der Waals surface area (Å²) in [6, 6.07) is 11.5. The molecule has 0 saturated heterocycles. The van der Waals surface area contributed by atoms with Crippen molar-refractivity contribution in [3.8, 4) is 0 Å². The highest BCUT2D eigenvalue weighted by Gasteiger charge is 2.62. The first-order chi connectivity index (χ1) is 18.6. The van der Waals surface area contributed by atoms with Gasteiger partial charge in [0.15, 0.2) is 5.82 Å². The number of nitrogens with zero attached hydrogens (tertiary/aromatic N) is 2. The van der Waals surface area contributed by atoms with Crippen LogP contribution in [0, 0.1) is 11.7 Å². The lowest BCUT2D eigenvalue weighted by molar-refractivity contribution is -0.275. The molecule has 1 N–H and O–H groups in total. The van der Waals surface area contributed by atoms with Gasteiger partial charge in [0.05, 0.1) is 28.5 Å². The molecule has 0 aromatic heterocycles. The summed E-state index contributed by atoms with van der Waals surface area (Å²) < 4.78 is 57.2. The van der Waals surface area contributed by atoms with Crippen LogP contribution < -0.4 is 5.32 Å². The molecule has 1 unspecified atom stereocenters. The number of carbonyl (C=O) groups is 1. The Morgan fingerprint density at radius 3 is 2.51 bits per heavy atom. The maximum absolute atomic E-state index is 14.4. The van der Waals surface area contributed by atoms with Gasteiger partial charge in [0, 0.05) is 23.1 Å². The molecule has 1 fully saturated rings. The molecule has 5 rings (SSSR count). The summed E-state index contributed by atoms with van der Waals surface area (Å²) in [5.74, 6) is -0.865.